The van der Waals surface area contributed by atoms with Crippen molar-refractivity contribution >= 4 is 17.6 Å². The minimum Gasteiger partial charge on any atom is -0.465 e. The Balaban J connectivity index is 1.90. The Kier molecular flexibility index (Phi) is 4.64. The fraction of sp³-hybridized carbons (Fsp3) is 0.348. The number of piperidine rings is 1. The summed E-state index contributed by atoms with van der Waals surface area (Å²) in [5.74, 6) is 0.629. The lowest BCUT2D eigenvalue weighted by Crippen LogP contribution is -2.33. The lowest BCUT2D eigenvalue weighted by atomic mass is 9.74. The van der Waals surface area contributed by atoms with Crippen LogP contribution in [0.1, 0.15) is 41.0 Å². The number of rotatable bonds is 2. The van der Waals surface area contributed by atoms with Gasteiger partial charge in [0.25, 0.3) is 0 Å². The van der Waals surface area contributed by atoms with E-state index in [4.69, 9.17) is 4.74 Å². The van der Waals surface area contributed by atoms with Crippen molar-refractivity contribution in [2.24, 2.45) is 5.92 Å². The van der Waals surface area contributed by atoms with E-state index in [0.29, 0.717) is 17.4 Å². The van der Waals surface area contributed by atoms with E-state index in [-0.39, 0.29) is 5.97 Å². The molecule has 3 heteroatoms. The number of carbonyl (C=O) groups is 1. The molecule has 1 unspecified atom stereocenters. The molecule has 1 aliphatic carbocycles. The maximum atomic E-state index is 12.5. The smallest absolute Gasteiger partial charge is 0.338 e. The Morgan fingerprint density at radius 2 is 1.65 bits per heavy atom. The van der Waals surface area contributed by atoms with Gasteiger partial charge in [0.1, 0.15) is 0 Å². The second kappa shape index (κ2) is 7.08. The van der Waals surface area contributed by atoms with Crippen molar-refractivity contribution in [2.75, 3.05) is 27.2 Å². The van der Waals surface area contributed by atoms with Crippen LogP contribution in [0.25, 0.3) is 11.6 Å². The Morgan fingerprint density at radius 3 is 2.38 bits per heavy atom. The van der Waals surface area contributed by atoms with Crippen molar-refractivity contribution in [2.45, 2.75) is 18.8 Å². The zero-order valence-electron chi connectivity index (χ0n) is 15.4. The van der Waals surface area contributed by atoms with Crippen LogP contribution in [0.2, 0.25) is 0 Å². The Hall–Kier alpha value is -2.39. The second-order valence-corrected chi connectivity index (χ2v) is 7.38. The van der Waals surface area contributed by atoms with Gasteiger partial charge < -0.3 is 9.64 Å². The molecule has 3 nitrogen and oxygen atoms in total. The molecule has 0 saturated carbocycles. The van der Waals surface area contributed by atoms with Crippen molar-refractivity contribution in [1.29, 1.82) is 0 Å². The molecular weight excluding hydrogens is 322 g/mol. The number of methoxy groups -OCH3 is 1. The third-order valence-electron chi connectivity index (χ3n) is 5.86. The third kappa shape index (κ3) is 2.97. The molecule has 4 rings (SSSR count). The lowest BCUT2D eigenvalue weighted by molar-refractivity contribution is -0.133. The molecule has 1 atom stereocenters. The number of benzene rings is 2. The molecule has 1 heterocycles. The first kappa shape index (κ1) is 17.0. The van der Waals surface area contributed by atoms with Gasteiger partial charge in [0, 0.05) is 5.92 Å². The first-order valence-corrected chi connectivity index (χ1v) is 9.36. The van der Waals surface area contributed by atoms with E-state index < -0.39 is 0 Å². The number of hydrogen-bond donors (Lipinski definition) is 0. The molecule has 1 saturated heterocycles. The van der Waals surface area contributed by atoms with Crippen LogP contribution in [0.4, 0.5) is 0 Å². The quantitative estimate of drug-likeness (QED) is 0.763. The number of esters is 1. The van der Waals surface area contributed by atoms with Gasteiger partial charge in [-0.1, -0.05) is 48.5 Å². The molecule has 2 aromatic carbocycles. The second-order valence-electron chi connectivity index (χ2n) is 7.38. The summed E-state index contributed by atoms with van der Waals surface area (Å²) in [5.41, 5.74) is 5.38. The van der Waals surface area contributed by atoms with Gasteiger partial charge in [-0.3, -0.25) is 0 Å². The molecule has 1 fully saturated rings. The van der Waals surface area contributed by atoms with E-state index in [1.54, 1.807) is 0 Å². The minimum absolute atomic E-state index is 0.267. The molecule has 26 heavy (non-hydrogen) atoms. The average molecular weight is 347 g/mol. The Morgan fingerprint density at radius 1 is 1.00 bits per heavy atom. The van der Waals surface area contributed by atoms with Gasteiger partial charge in [-0.15, -0.1) is 0 Å². The highest BCUT2D eigenvalue weighted by Gasteiger charge is 2.33. The molecule has 1 aliphatic heterocycles. The van der Waals surface area contributed by atoms with Gasteiger partial charge in [-0.2, -0.15) is 0 Å². The van der Waals surface area contributed by atoms with E-state index in [9.17, 15) is 4.79 Å². The molecule has 0 aromatic heterocycles. The highest BCUT2D eigenvalue weighted by molar-refractivity contribution is 6.22. The van der Waals surface area contributed by atoms with E-state index in [2.05, 4.69) is 48.3 Å². The standard InChI is InChI=1S/C23H25NO2/c1-24-13-11-16(12-14-24)22-18-8-4-3-7-17(18)15-21(23(25)26-2)19-9-5-6-10-20(19)22/h3-10,15-16,22H,11-14H2,1-2H3. The van der Waals surface area contributed by atoms with Crippen LogP contribution in [-0.4, -0.2) is 38.1 Å². The first-order chi connectivity index (χ1) is 12.7. The van der Waals surface area contributed by atoms with Crippen molar-refractivity contribution in [3.8, 4) is 0 Å². The van der Waals surface area contributed by atoms with E-state index in [1.165, 1.54) is 31.1 Å². The first-order valence-electron chi connectivity index (χ1n) is 9.36. The zero-order chi connectivity index (χ0) is 18.1. The Bertz CT molecular complexity index is 847. The topological polar surface area (TPSA) is 29.5 Å². The molecule has 2 aliphatic rings. The maximum absolute atomic E-state index is 12.5. The van der Waals surface area contributed by atoms with Gasteiger partial charge in [-0.25, -0.2) is 4.79 Å². The van der Waals surface area contributed by atoms with Crippen LogP contribution in [0.15, 0.2) is 48.5 Å². The number of fused-ring (bicyclic) bond motifs is 2. The van der Waals surface area contributed by atoms with Crippen molar-refractivity contribution in [3.63, 3.8) is 0 Å². The number of hydrogen-bond acceptors (Lipinski definition) is 3. The van der Waals surface area contributed by atoms with Crippen molar-refractivity contribution < 1.29 is 9.53 Å². The minimum atomic E-state index is -0.267. The molecule has 0 spiro atoms. The molecule has 0 N–H and O–H groups in total. The normalized spacial score (nSPS) is 20.5. The summed E-state index contributed by atoms with van der Waals surface area (Å²) in [7, 11) is 3.65. The molecule has 0 bridgehead atoms. The van der Waals surface area contributed by atoms with Crippen molar-refractivity contribution in [3.05, 3.63) is 70.8 Å². The van der Waals surface area contributed by atoms with Crippen LogP contribution in [0.3, 0.4) is 0 Å². The SMILES string of the molecule is COC(=O)C1=Cc2ccccc2C(C2CCN(C)CC2)c2ccccc21. The number of likely N-dealkylation sites (tertiary alicyclic amines) is 1. The molecular formula is C23H25NO2. The van der Waals surface area contributed by atoms with Gasteiger partial charge in [-0.05, 0) is 67.2 Å². The summed E-state index contributed by atoms with van der Waals surface area (Å²) in [6.07, 6.45) is 4.36. The Labute approximate surface area is 155 Å². The van der Waals surface area contributed by atoms with E-state index in [1.807, 2.05) is 18.2 Å². The van der Waals surface area contributed by atoms with Crippen LogP contribution in [-0.2, 0) is 9.53 Å². The highest BCUT2D eigenvalue weighted by Crippen LogP contribution is 2.44. The van der Waals surface area contributed by atoms with E-state index in [0.717, 1.165) is 24.2 Å². The summed E-state index contributed by atoms with van der Waals surface area (Å²) >= 11 is 0. The molecule has 0 radical (unpaired) electrons. The highest BCUT2D eigenvalue weighted by atomic mass is 16.5. The number of ether oxygens (including phenoxy) is 1. The van der Waals surface area contributed by atoms with Crippen LogP contribution in [0, 0.1) is 5.92 Å². The van der Waals surface area contributed by atoms with Crippen LogP contribution >= 0.6 is 0 Å². The molecule has 134 valence electrons. The maximum Gasteiger partial charge on any atom is 0.338 e. The largest absolute Gasteiger partial charge is 0.465 e. The molecule has 2 aromatic rings. The van der Waals surface area contributed by atoms with Gasteiger partial charge in [0.2, 0.25) is 0 Å². The van der Waals surface area contributed by atoms with Gasteiger partial charge in [0.15, 0.2) is 0 Å². The zero-order valence-corrected chi connectivity index (χ0v) is 15.4. The number of carbonyl (C=O) groups excluding carboxylic acids is 1. The van der Waals surface area contributed by atoms with Gasteiger partial charge >= 0.3 is 5.97 Å². The monoisotopic (exact) mass is 347 g/mol. The summed E-state index contributed by atoms with van der Waals surface area (Å²) in [6.45, 7) is 2.26. The number of nitrogens with zero attached hydrogens (tertiary/aromatic N) is 1. The summed E-state index contributed by atoms with van der Waals surface area (Å²) in [5, 5.41) is 0. The summed E-state index contributed by atoms with van der Waals surface area (Å²) in [6, 6.07) is 16.9. The fourth-order valence-corrected chi connectivity index (χ4v) is 4.49. The third-order valence-corrected chi connectivity index (χ3v) is 5.86. The van der Waals surface area contributed by atoms with Gasteiger partial charge in [0.05, 0.1) is 12.7 Å². The molecule has 0 amide bonds. The summed E-state index contributed by atoms with van der Waals surface area (Å²) in [4.78, 5) is 14.9. The predicted octanol–water partition coefficient (Wildman–Crippen LogP) is 4.19. The van der Waals surface area contributed by atoms with Crippen molar-refractivity contribution in [1.82, 2.24) is 4.90 Å². The fourth-order valence-electron chi connectivity index (χ4n) is 4.49. The van der Waals surface area contributed by atoms with Crippen LogP contribution < -0.4 is 0 Å². The van der Waals surface area contributed by atoms with E-state index >= 15 is 0 Å². The average Bonchev–Trinajstić information content (AvgIpc) is 2.83. The van der Waals surface area contributed by atoms with Crippen LogP contribution in [0.5, 0.6) is 0 Å². The summed E-state index contributed by atoms with van der Waals surface area (Å²) < 4.78 is 5.10. The predicted molar refractivity (Wildman–Crippen MR) is 105 cm³/mol. The lowest BCUT2D eigenvalue weighted by Gasteiger charge is -2.35.